The van der Waals surface area contributed by atoms with Crippen molar-refractivity contribution >= 4 is 23.5 Å². The van der Waals surface area contributed by atoms with Crippen LogP contribution in [-0.2, 0) is 11.2 Å². The zero-order valence-corrected chi connectivity index (χ0v) is 11.6. The molecule has 0 amide bonds. The van der Waals surface area contributed by atoms with Crippen molar-refractivity contribution in [3.63, 3.8) is 0 Å². The minimum Gasteiger partial charge on any atom is -0.480 e. The van der Waals surface area contributed by atoms with Crippen molar-refractivity contribution in [2.24, 2.45) is 5.73 Å². The number of carboxylic acid groups (broad SMARTS) is 1. The lowest BCUT2D eigenvalue weighted by Gasteiger charge is -2.19. The molecule has 1 aromatic rings. The van der Waals surface area contributed by atoms with E-state index in [0.29, 0.717) is 12.0 Å². The normalized spacial score (nSPS) is 18.3. The number of fused-ring (bicyclic) bond motifs is 1. The van der Waals surface area contributed by atoms with Crippen LogP contribution < -0.4 is 5.73 Å². The maximum Gasteiger partial charge on any atom is 0.323 e. The zero-order valence-electron chi connectivity index (χ0n) is 10.8. The van der Waals surface area contributed by atoms with Crippen LogP contribution in [0.15, 0.2) is 23.1 Å². The topological polar surface area (TPSA) is 80.4 Å². The van der Waals surface area contributed by atoms with Crippen LogP contribution >= 0.6 is 11.8 Å². The highest BCUT2D eigenvalue weighted by Gasteiger charge is 2.28. The molecule has 1 aliphatic rings. The summed E-state index contributed by atoms with van der Waals surface area (Å²) >= 11 is 1.68. The second-order valence-corrected chi connectivity index (χ2v) is 6.24. The Morgan fingerprint density at radius 2 is 2.26 bits per heavy atom. The van der Waals surface area contributed by atoms with E-state index in [0.717, 1.165) is 22.6 Å². The largest absolute Gasteiger partial charge is 0.480 e. The van der Waals surface area contributed by atoms with Gasteiger partial charge < -0.3 is 10.8 Å². The van der Waals surface area contributed by atoms with Crippen molar-refractivity contribution in [3.05, 3.63) is 29.3 Å². The van der Waals surface area contributed by atoms with E-state index in [-0.39, 0.29) is 12.2 Å². The lowest BCUT2D eigenvalue weighted by Crippen LogP contribution is -2.46. The molecule has 0 aromatic heterocycles. The molecular formula is C14H17NO3S. The summed E-state index contributed by atoms with van der Waals surface area (Å²) < 4.78 is 0. The summed E-state index contributed by atoms with van der Waals surface area (Å²) in [5.41, 5.74) is 5.94. The van der Waals surface area contributed by atoms with Crippen molar-refractivity contribution in [2.45, 2.75) is 36.6 Å². The van der Waals surface area contributed by atoms with Gasteiger partial charge in [-0.2, -0.15) is 0 Å². The van der Waals surface area contributed by atoms with E-state index in [2.05, 4.69) is 0 Å². The van der Waals surface area contributed by atoms with Crippen LogP contribution in [0.3, 0.4) is 0 Å². The number of hydrogen-bond donors (Lipinski definition) is 2. The first-order valence-corrected chi connectivity index (χ1v) is 7.20. The molecule has 0 spiro atoms. The Bertz CT molecular complexity index is 525. The van der Waals surface area contributed by atoms with Gasteiger partial charge in [-0.25, -0.2) is 0 Å². The number of benzene rings is 1. The smallest absolute Gasteiger partial charge is 0.323 e. The van der Waals surface area contributed by atoms with E-state index in [1.165, 1.54) is 6.92 Å². The Morgan fingerprint density at radius 3 is 2.95 bits per heavy atom. The third-order valence-electron chi connectivity index (χ3n) is 3.21. The molecule has 0 saturated heterocycles. The molecule has 5 heteroatoms. The van der Waals surface area contributed by atoms with Gasteiger partial charge >= 0.3 is 5.97 Å². The van der Waals surface area contributed by atoms with Crippen LogP contribution in [0.2, 0.25) is 0 Å². The highest BCUT2D eigenvalue weighted by molar-refractivity contribution is 7.99. The minimum absolute atomic E-state index is 0.135. The molecule has 1 atom stereocenters. The Hall–Kier alpha value is -1.33. The van der Waals surface area contributed by atoms with E-state index in [1.807, 2.05) is 12.1 Å². The van der Waals surface area contributed by atoms with Crippen LogP contribution in [0.1, 0.15) is 35.7 Å². The van der Waals surface area contributed by atoms with Gasteiger partial charge in [0.15, 0.2) is 5.78 Å². The molecule has 3 N–H and O–H groups in total. The van der Waals surface area contributed by atoms with Crippen LogP contribution in [-0.4, -0.2) is 28.2 Å². The van der Waals surface area contributed by atoms with Gasteiger partial charge in [-0.1, -0.05) is 6.07 Å². The first-order valence-electron chi connectivity index (χ1n) is 6.21. The fourth-order valence-electron chi connectivity index (χ4n) is 2.08. The molecule has 0 aliphatic carbocycles. The summed E-state index contributed by atoms with van der Waals surface area (Å²) in [4.78, 5) is 24.0. The molecule has 102 valence electrons. The number of nitrogens with two attached hydrogens (primary N) is 1. The van der Waals surface area contributed by atoms with E-state index < -0.39 is 11.5 Å². The number of ketones is 1. The van der Waals surface area contributed by atoms with Crippen molar-refractivity contribution < 1.29 is 14.7 Å². The van der Waals surface area contributed by atoms with E-state index in [9.17, 15) is 9.59 Å². The Balaban J connectivity index is 2.30. The highest BCUT2D eigenvalue weighted by Crippen LogP contribution is 2.30. The first-order chi connectivity index (χ1) is 8.90. The van der Waals surface area contributed by atoms with E-state index in [4.69, 9.17) is 10.8 Å². The number of rotatable bonds is 3. The van der Waals surface area contributed by atoms with Crippen molar-refractivity contribution in [3.8, 4) is 0 Å². The molecule has 2 rings (SSSR count). The Morgan fingerprint density at radius 1 is 1.53 bits per heavy atom. The predicted molar refractivity (Wildman–Crippen MR) is 74.7 cm³/mol. The standard InChI is InChI=1S/C14H17NO3S/c1-14(15,13(17)18)8-9-4-5-12-10(7-9)11(16)3-2-6-19-12/h4-5,7H,2-3,6,8,15H2,1H3,(H,17,18). The predicted octanol–water partition coefficient (Wildman–Crippen LogP) is 2.10. The number of carbonyl (C=O) groups excluding carboxylic acids is 1. The lowest BCUT2D eigenvalue weighted by atomic mass is 9.92. The van der Waals surface area contributed by atoms with Crippen LogP contribution in [0.4, 0.5) is 0 Å². The summed E-state index contributed by atoms with van der Waals surface area (Å²) in [6.45, 7) is 1.48. The fraction of sp³-hybridized carbons (Fsp3) is 0.429. The minimum atomic E-state index is -1.31. The second kappa shape index (κ2) is 5.35. The SMILES string of the molecule is CC(N)(Cc1ccc2c(c1)C(=O)CCCS2)C(=O)O. The molecule has 1 aromatic carbocycles. The number of carboxylic acids is 1. The van der Waals surface area contributed by atoms with Gasteiger partial charge in [-0.05, 0) is 36.8 Å². The molecule has 1 unspecified atom stereocenters. The molecule has 1 heterocycles. The van der Waals surface area contributed by atoms with Gasteiger partial charge in [0.1, 0.15) is 5.54 Å². The molecular weight excluding hydrogens is 262 g/mol. The number of Topliss-reactive ketones (excluding diaryl/α,β-unsaturated/α-hetero) is 1. The first kappa shape index (κ1) is 14.1. The summed E-state index contributed by atoms with van der Waals surface area (Å²) in [7, 11) is 0. The van der Waals surface area contributed by atoms with Gasteiger partial charge in [0, 0.05) is 23.3 Å². The number of thioether (sulfide) groups is 1. The second-order valence-electron chi connectivity index (χ2n) is 5.11. The summed E-state index contributed by atoms with van der Waals surface area (Å²) in [5.74, 6) is 0.0426. The van der Waals surface area contributed by atoms with Gasteiger partial charge in [-0.15, -0.1) is 11.8 Å². The molecule has 1 aliphatic heterocycles. The van der Waals surface area contributed by atoms with Gasteiger partial charge in [-0.3, -0.25) is 9.59 Å². The fourth-order valence-corrected chi connectivity index (χ4v) is 3.08. The third-order valence-corrected chi connectivity index (χ3v) is 4.37. The summed E-state index contributed by atoms with van der Waals surface area (Å²) in [6, 6.07) is 5.55. The van der Waals surface area contributed by atoms with Gasteiger partial charge in [0.25, 0.3) is 0 Å². The molecule has 0 saturated carbocycles. The quantitative estimate of drug-likeness (QED) is 0.885. The molecule has 0 radical (unpaired) electrons. The average Bonchev–Trinajstić information content (AvgIpc) is 2.51. The van der Waals surface area contributed by atoms with Crippen LogP contribution in [0.25, 0.3) is 0 Å². The van der Waals surface area contributed by atoms with Crippen LogP contribution in [0, 0.1) is 0 Å². The maximum absolute atomic E-state index is 12.0. The Labute approximate surface area is 116 Å². The van der Waals surface area contributed by atoms with Crippen LogP contribution in [0.5, 0.6) is 0 Å². The Kier molecular flexibility index (Phi) is 3.96. The lowest BCUT2D eigenvalue weighted by molar-refractivity contribution is -0.142. The van der Waals surface area contributed by atoms with Gasteiger partial charge in [0.05, 0.1) is 0 Å². The molecule has 0 bridgehead atoms. The summed E-state index contributed by atoms with van der Waals surface area (Å²) in [6.07, 6.45) is 1.66. The van der Waals surface area contributed by atoms with Crippen molar-refractivity contribution in [1.82, 2.24) is 0 Å². The number of hydrogen-bond acceptors (Lipinski definition) is 4. The highest BCUT2D eigenvalue weighted by atomic mass is 32.2. The monoisotopic (exact) mass is 279 g/mol. The van der Waals surface area contributed by atoms with Crippen molar-refractivity contribution in [2.75, 3.05) is 5.75 Å². The maximum atomic E-state index is 12.0. The van der Waals surface area contributed by atoms with E-state index in [1.54, 1.807) is 17.8 Å². The third kappa shape index (κ3) is 3.16. The molecule has 4 nitrogen and oxygen atoms in total. The summed E-state index contributed by atoms with van der Waals surface area (Å²) in [5, 5.41) is 9.04. The molecule has 0 fully saturated rings. The van der Waals surface area contributed by atoms with Crippen molar-refractivity contribution in [1.29, 1.82) is 0 Å². The average molecular weight is 279 g/mol. The van der Waals surface area contributed by atoms with Gasteiger partial charge in [0.2, 0.25) is 0 Å². The zero-order chi connectivity index (χ0) is 14.0. The molecule has 19 heavy (non-hydrogen) atoms. The number of carbonyl (C=O) groups is 2. The van der Waals surface area contributed by atoms with E-state index >= 15 is 0 Å². The number of aliphatic carboxylic acids is 1.